The maximum absolute atomic E-state index is 12.9. The number of H-pyrrole nitrogens is 1. The van der Waals surface area contributed by atoms with Crippen LogP contribution in [0.3, 0.4) is 0 Å². The van der Waals surface area contributed by atoms with E-state index in [1.165, 1.54) is 24.3 Å². The van der Waals surface area contributed by atoms with E-state index >= 15 is 0 Å². The first-order chi connectivity index (χ1) is 11.5. The Morgan fingerprint density at radius 2 is 1.92 bits per heavy atom. The number of rotatable bonds is 2. The maximum atomic E-state index is 12.9. The van der Waals surface area contributed by atoms with Gasteiger partial charge in [0.1, 0.15) is 0 Å². The molecule has 2 fully saturated rings. The number of nitro benzene ring substituents is 1. The van der Waals surface area contributed by atoms with E-state index in [1.54, 1.807) is 4.90 Å². The Morgan fingerprint density at radius 1 is 1.21 bits per heavy atom. The summed E-state index contributed by atoms with van der Waals surface area (Å²) >= 11 is 0. The van der Waals surface area contributed by atoms with Gasteiger partial charge >= 0.3 is 0 Å². The fraction of sp³-hybridized carbons (Fsp3) is 0.375. The Hall–Kier alpha value is -2.74. The van der Waals surface area contributed by atoms with Gasteiger partial charge in [-0.25, -0.2) is 0 Å². The molecule has 0 radical (unpaired) electrons. The molecule has 1 aromatic heterocycles. The van der Waals surface area contributed by atoms with Crippen LogP contribution in [-0.4, -0.2) is 46.9 Å². The van der Waals surface area contributed by atoms with Gasteiger partial charge in [-0.15, -0.1) is 0 Å². The second-order valence-electron chi connectivity index (χ2n) is 6.42. The number of nitrogens with one attached hydrogen (secondary N) is 2. The number of carbonyl (C=O) groups is 1. The van der Waals surface area contributed by atoms with E-state index in [1.807, 2.05) is 0 Å². The zero-order chi connectivity index (χ0) is 16.8. The molecular formula is C16H16N4O4. The van der Waals surface area contributed by atoms with Crippen LogP contribution in [0.4, 0.5) is 5.69 Å². The summed E-state index contributed by atoms with van der Waals surface area (Å²) in [4.78, 5) is 39.7. The number of aromatic nitrogens is 1. The van der Waals surface area contributed by atoms with Crippen molar-refractivity contribution in [2.75, 3.05) is 26.2 Å². The lowest BCUT2D eigenvalue weighted by Crippen LogP contribution is -2.32. The first-order valence-corrected chi connectivity index (χ1v) is 7.84. The summed E-state index contributed by atoms with van der Waals surface area (Å²) in [5.41, 5.74) is 0.162. The van der Waals surface area contributed by atoms with Crippen LogP contribution in [0.5, 0.6) is 0 Å². The molecule has 8 nitrogen and oxygen atoms in total. The summed E-state index contributed by atoms with van der Waals surface area (Å²) in [6, 6.07) is 5.37. The highest BCUT2D eigenvalue weighted by Crippen LogP contribution is 2.29. The lowest BCUT2D eigenvalue weighted by Gasteiger charge is -2.18. The number of nitrogens with zero attached hydrogens (tertiary/aromatic N) is 2. The Bertz CT molecular complexity index is 895. The van der Waals surface area contributed by atoms with Gasteiger partial charge in [-0.1, -0.05) is 0 Å². The molecule has 2 aliphatic heterocycles. The molecule has 1 aromatic carbocycles. The van der Waals surface area contributed by atoms with Crippen molar-refractivity contribution >= 4 is 22.5 Å². The number of non-ortho nitro benzene ring substituents is 1. The van der Waals surface area contributed by atoms with Gasteiger partial charge in [0.2, 0.25) is 5.56 Å². The first-order valence-electron chi connectivity index (χ1n) is 7.84. The van der Waals surface area contributed by atoms with Crippen molar-refractivity contribution in [3.8, 4) is 0 Å². The SMILES string of the molecule is O=C(c1cc(=O)[nH]c2ccc([N+](=O)[O-])cc12)N1C[C@H]2CNC[C@H]2C1. The molecule has 2 aromatic rings. The van der Waals surface area contributed by atoms with Crippen molar-refractivity contribution in [3.05, 3.63) is 50.3 Å². The standard InChI is InChI=1S/C16H16N4O4/c21-15-4-13(12-3-11(20(23)24)1-2-14(12)18-15)16(22)19-7-9-5-17-6-10(9)8-19/h1-4,9-10,17H,5-8H2,(H,18,21)/t9-,10+. The number of likely N-dealkylation sites (tertiary alicyclic amines) is 1. The average Bonchev–Trinajstić information content (AvgIpc) is 3.14. The van der Waals surface area contributed by atoms with Crippen LogP contribution < -0.4 is 10.9 Å². The number of benzene rings is 1. The minimum atomic E-state index is -0.509. The molecule has 2 aliphatic rings. The summed E-state index contributed by atoms with van der Waals surface area (Å²) in [7, 11) is 0. The molecule has 124 valence electrons. The van der Waals surface area contributed by atoms with Crippen LogP contribution >= 0.6 is 0 Å². The zero-order valence-electron chi connectivity index (χ0n) is 12.8. The molecule has 2 atom stereocenters. The molecule has 0 saturated carbocycles. The van der Waals surface area contributed by atoms with E-state index in [-0.39, 0.29) is 22.7 Å². The number of fused-ring (bicyclic) bond motifs is 2. The topological polar surface area (TPSA) is 108 Å². The van der Waals surface area contributed by atoms with Crippen molar-refractivity contribution in [2.45, 2.75) is 0 Å². The highest BCUT2D eigenvalue weighted by molar-refractivity contribution is 6.06. The number of aromatic amines is 1. The second-order valence-corrected chi connectivity index (χ2v) is 6.42. The Morgan fingerprint density at radius 3 is 2.58 bits per heavy atom. The van der Waals surface area contributed by atoms with E-state index in [0.29, 0.717) is 35.8 Å². The van der Waals surface area contributed by atoms with Gasteiger partial charge < -0.3 is 15.2 Å². The summed E-state index contributed by atoms with van der Waals surface area (Å²) < 4.78 is 0. The van der Waals surface area contributed by atoms with Gasteiger partial charge in [0.05, 0.1) is 10.5 Å². The van der Waals surface area contributed by atoms with Crippen LogP contribution in [-0.2, 0) is 0 Å². The third-order valence-corrected chi connectivity index (χ3v) is 4.94. The number of pyridine rings is 1. The Balaban J connectivity index is 1.77. The second kappa shape index (κ2) is 5.41. The van der Waals surface area contributed by atoms with Crippen LogP contribution in [0, 0.1) is 22.0 Å². The van der Waals surface area contributed by atoms with Crippen molar-refractivity contribution in [1.29, 1.82) is 0 Å². The summed E-state index contributed by atoms with van der Waals surface area (Å²) in [6.45, 7) is 3.10. The molecule has 3 heterocycles. The van der Waals surface area contributed by atoms with Gasteiger partial charge in [-0.05, 0) is 17.9 Å². The van der Waals surface area contributed by atoms with Crippen LogP contribution in [0.2, 0.25) is 0 Å². The predicted octanol–water partition coefficient (Wildman–Crippen LogP) is 0.728. The fourth-order valence-corrected chi connectivity index (χ4v) is 3.72. The molecule has 0 unspecified atom stereocenters. The lowest BCUT2D eigenvalue weighted by molar-refractivity contribution is -0.384. The minimum Gasteiger partial charge on any atom is -0.338 e. The molecule has 0 bridgehead atoms. The molecule has 2 saturated heterocycles. The molecule has 2 N–H and O–H groups in total. The molecule has 0 aliphatic carbocycles. The summed E-state index contributed by atoms with van der Waals surface area (Å²) in [5.74, 6) is 0.647. The summed E-state index contributed by atoms with van der Waals surface area (Å²) in [5, 5.41) is 14.7. The van der Waals surface area contributed by atoms with Crippen LogP contribution in [0.15, 0.2) is 29.1 Å². The third-order valence-electron chi connectivity index (χ3n) is 4.94. The molecule has 8 heteroatoms. The average molecular weight is 328 g/mol. The van der Waals surface area contributed by atoms with Gasteiger partial charge in [0, 0.05) is 55.3 Å². The fourth-order valence-electron chi connectivity index (χ4n) is 3.72. The van der Waals surface area contributed by atoms with Crippen molar-refractivity contribution in [3.63, 3.8) is 0 Å². The largest absolute Gasteiger partial charge is 0.338 e. The highest BCUT2D eigenvalue weighted by atomic mass is 16.6. The molecule has 0 spiro atoms. The quantitative estimate of drug-likeness (QED) is 0.624. The summed E-state index contributed by atoms with van der Waals surface area (Å²) in [6.07, 6.45) is 0. The van der Waals surface area contributed by atoms with E-state index < -0.39 is 4.92 Å². The number of hydrogen-bond donors (Lipinski definition) is 2. The van der Waals surface area contributed by atoms with E-state index in [0.717, 1.165) is 13.1 Å². The number of nitro groups is 1. The molecular weight excluding hydrogens is 312 g/mol. The minimum absolute atomic E-state index is 0.105. The van der Waals surface area contributed by atoms with E-state index in [9.17, 15) is 19.7 Å². The van der Waals surface area contributed by atoms with E-state index in [2.05, 4.69) is 10.3 Å². The monoisotopic (exact) mass is 328 g/mol. The Labute approximate surface area is 136 Å². The predicted molar refractivity (Wildman–Crippen MR) is 87.0 cm³/mol. The number of carbonyl (C=O) groups excluding carboxylic acids is 1. The van der Waals surface area contributed by atoms with Gasteiger partial charge in [-0.2, -0.15) is 0 Å². The zero-order valence-corrected chi connectivity index (χ0v) is 12.8. The van der Waals surface area contributed by atoms with Gasteiger partial charge in [0.15, 0.2) is 0 Å². The van der Waals surface area contributed by atoms with Crippen molar-refractivity contribution < 1.29 is 9.72 Å². The number of hydrogen-bond acceptors (Lipinski definition) is 5. The molecule has 24 heavy (non-hydrogen) atoms. The molecule has 1 amide bonds. The van der Waals surface area contributed by atoms with Crippen molar-refractivity contribution in [2.24, 2.45) is 11.8 Å². The van der Waals surface area contributed by atoms with Gasteiger partial charge in [0.25, 0.3) is 11.6 Å². The maximum Gasteiger partial charge on any atom is 0.270 e. The third kappa shape index (κ3) is 2.35. The lowest BCUT2D eigenvalue weighted by atomic mass is 10.0. The number of amides is 1. The normalized spacial score (nSPS) is 22.8. The van der Waals surface area contributed by atoms with Gasteiger partial charge in [-0.3, -0.25) is 19.7 Å². The van der Waals surface area contributed by atoms with Crippen LogP contribution in [0.1, 0.15) is 10.4 Å². The smallest absolute Gasteiger partial charge is 0.270 e. The molecule has 4 rings (SSSR count). The van der Waals surface area contributed by atoms with Crippen LogP contribution in [0.25, 0.3) is 10.9 Å². The Kier molecular flexibility index (Phi) is 3.34. The van der Waals surface area contributed by atoms with Crippen molar-refractivity contribution in [1.82, 2.24) is 15.2 Å². The first kappa shape index (κ1) is 14.8. The highest BCUT2D eigenvalue weighted by Gasteiger charge is 2.38. The van der Waals surface area contributed by atoms with E-state index in [4.69, 9.17) is 0 Å².